The molecule has 0 N–H and O–H groups in total. The number of fused-ring (bicyclic) bond motifs is 2. The summed E-state index contributed by atoms with van der Waals surface area (Å²) < 4.78 is 18.2. The summed E-state index contributed by atoms with van der Waals surface area (Å²) in [4.78, 5) is 33.9. The number of amides is 2. The number of aromatic nitrogens is 1. The van der Waals surface area contributed by atoms with Crippen LogP contribution in [0.4, 0.5) is 0 Å². The fraction of sp³-hybridized carbons (Fsp3) is 0.320. The molecule has 9 heteroatoms. The molecule has 0 radical (unpaired) electrons. The quantitative estimate of drug-likeness (QED) is 0.412. The zero-order chi connectivity index (χ0) is 24.0. The molecule has 1 aliphatic rings. The maximum Gasteiger partial charge on any atom is 0.264 e. The average Bonchev–Trinajstić information content (AvgIpc) is 3.54. The molecule has 8 nitrogen and oxygen atoms in total. The van der Waals surface area contributed by atoms with E-state index in [-0.39, 0.29) is 17.9 Å². The largest absolute Gasteiger partial charge is 0.460 e. The van der Waals surface area contributed by atoms with Crippen molar-refractivity contribution >= 4 is 44.3 Å². The Kier molecular flexibility index (Phi) is 5.75. The molecule has 4 aromatic rings. The summed E-state index contributed by atoms with van der Waals surface area (Å²) in [7, 11) is 5.10. The highest BCUT2D eigenvalue weighted by Crippen LogP contribution is 2.37. The number of hydrogen-bond acceptors (Lipinski definition) is 7. The third-order valence-corrected chi connectivity index (χ3v) is 7.16. The second-order valence-corrected chi connectivity index (χ2v) is 9.58. The van der Waals surface area contributed by atoms with Crippen LogP contribution < -0.4 is 4.74 Å². The van der Waals surface area contributed by atoms with Gasteiger partial charge in [-0.1, -0.05) is 0 Å². The number of benzene rings is 1. The standard InChI is InChI=1S/C25H25N3O5S/c1-14-22(25(30)27(2)3)17-6-5-15(11-20(17)32-14)33-19-7-9-26-18-12-21(34-23(18)19)24(29)28-10-8-16(13-28)31-4/h5-7,9,11-12,16H,8,10,13H2,1-4H3/t16-/m1/s1. The van der Waals surface area contributed by atoms with Crippen molar-refractivity contribution < 1.29 is 23.5 Å². The van der Waals surface area contributed by atoms with E-state index >= 15 is 0 Å². The number of likely N-dealkylation sites (tertiary alicyclic amines) is 1. The molecule has 1 fully saturated rings. The van der Waals surface area contributed by atoms with Crippen molar-refractivity contribution in [1.29, 1.82) is 0 Å². The molecular formula is C25H25N3O5S. The number of rotatable bonds is 5. The van der Waals surface area contributed by atoms with E-state index in [2.05, 4.69) is 4.98 Å². The van der Waals surface area contributed by atoms with Gasteiger partial charge in [-0.05, 0) is 31.5 Å². The molecule has 34 heavy (non-hydrogen) atoms. The van der Waals surface area contributed by atoms with Gasteiger partial charge < -0.3 is 23.7 Å². The van der Waals surface area contributed by atoms with Gasteiger partial charge in [0.1, 0.15) is 22.8 Å². The lowest BCUT2D eigenvalue weighted by atomic mass is 10.1. The first-order valence-electron chi connectivity index (χ1n) is 11.0. The number of furan rings is 1. The van der Waals surface area contributed by atoms with E-state index in [1.165, 1.54) is 16.2 Å². The fourth-order valence-electron chi connectivity index (χ4n) is 4.24. The molecule has 4 heterocycles. The fourth-order valence-corrected chi connectivity index (χ4v) is 5.27. The zero-order valence-electron chi connectivity index (χ0n) is 19.5. The highest BCUT2D eigenvalue weighted by molar-refractivity contribution is 7.21. The lowest BCUT2D eigenvalue weighted by Gasteiger charge is -2.14. The van der Waals surface area contributed by atoms with Crippen molar-refractivity contribution in [1.82, 2.24) is 14.8 Å². The third kappa shape index (κ3) is 3.91. The van der Waals surface area contributed by atoms with Crippen molar-refractivity contribution in [3.8, 4) is 11.5 Å². The third-order valence-electron chi connectivity index (χ3n) is 6.04. The number of hydrogen-bond donors (Lipinski definition) is 0. The summed E-state index contributed by atoms with van der Waals surface area (Å²) in [6, 6.07) is 9.01. The summed E-state index contributed by atoms with van der Waals surface area (Å²) in [5.41, 5.74) is 1.84. The Morgan fingerprint density at radius 1 is 1.24 bits per heavy atom. The molecule has 1 aliphatic heterocycles. The number of carbonyl (C=O) groups excluding carboxylic acids is 2. The first-order valence-corrected chi connectivity index (χ1v) is 11.8. The molecule has 1 aromatic carbocycles. The predicted octanol–water partition coefficient (Wildman–Crippen LogP) is 4.71. The van der Waals surface area contributed by atoms with Crippen molar-refractivity contribution in [2.75, 3.05) is 34.3 Å². The van der Waals surface area contributed by atoms with Crippen molar-refractivity contribution in [2.45, 2.75) is 19.4 Å². The lowest BCUT2D eigenvalue weighted by Crippen LogP contribution is -2.29. The molecule has 0 unspecified atom stereocenters. The number of nitrogens with zero attached hydrogens (tertiary/aromatic N) is 3. The van der Waals surface area contributed by atoms with Crippen LogP contribution in [0.2, 0.25) is 0 Å². The first kappa shape index (κ1) is 22.4. The van der Waals surface area contributed by atoms with E-state index in [1.807, 2.05) is 23.1 Å². The summed E-state index contributed by atoms with van der Waals surface area (Å²) in [6.45, 7) is 3.06. The predicted molar refractivity (Wildman–Crippen MR) is 130 cm³/mol. The summed E-state index contributed by atoms with van der Waals surface area (Å²) in [5, 5.41) is 0.743. The van der Waals surface area contributed by atoms with Gasteiger partial charge in [-0.3, -0.25) is 14.6 Å². The van der Waals surface area contributed by atoms with Crippen LogP contribution in [0.3, 0.4) is 0 Å². The topological polar surface area (TPSA) is 85.1 Å². The maximum absolute atomic E-state index is 13.0. The van der Waals surface area contributed by atoms with Gasteiger partial charge in [0.15, 0.2) is 0 Å². The Bertz CT molecular complexity index is 1410. The van der Waals surface area contributed by atoms with Gasteiger partial charge in [0.05, 0.1) is 26.8 Å². The van der Waals surface area contributed by atoms with Gasteiger partial charge in [0.25, 0.3) is 11.8 Å². The van der Waals surface area contributed by atoms with E-state index in [4.69, 9.17) is 13.9 Å². The number of ether oxygens (including phenoxy) is 2. The number of pyridine rings is 1. The second-order valence-electron chi connectivity index (χ2n) is 8.52. The van der Waals surface area contributed by atoms with Gasteiger partial charge in [-0.15, -0.1) is 11.3 Å². The molecule has 1 saturated heterocycles. The molecule has 2 amide bonds. The van der Waals surface area contributed by atoms with Crippen LogP contribution in [-0.2, 0) is 4.74 Å². The van der Waals surface area contributed by atoms with Crippen LogP contribution in [0.5, 0.6) is 11.5 Å². The van der Waals surface area contributed by atoms with E-state index in [0.717, 1.165) is 16.5 Å². The smallest absolute Gasteiger partial charge is 0.264 e. The number of methoxy groups -OCH3 is 1. The summed E-state index contributed by atoms with van der Waals surface area (Å²) in [6.07, 6.45) is 2.60. The summed E-state index contributed by atoms with van der Waals surface area (Å²) in [5.74, 6) is 1.63. The Morgan fingerprint density at radius 3 is 2.79 bits per heavy atom. The highest BCUT2D eigenvalue weighted by atomic mass is 32.1. The molecule has 0 spiro atoms. The minimum Gasteiger partial charge on any atom is -0.460 e. The molecule has 0 saturated carbocycles. The van der Waals surface area contributed by atoms with Crippen LogP contribution in [0.15, 0.2) is 40.9 Å². The van der Waals surface area contributed by atoms with E-state index < -0.39 is 0 Å². The maximum atomic E-state index is 13.0. The first-order chi connectivity index (χ1) is 16.4. The van der Waals surface area contributed by atoms with Crippen LogP contribution in [0.25, 0.3) is 21.2 Å². The SMILES string of the molecule is CO[C@@H]1CCN(C(=O)c2cc3nccc(Oc4ccc5c(C(=O)N(C)C)c(C)oc5c4)c3s2)C1. The van der Waals surface area contributed by atoms with Crippen LogP contribution in [0.1, 0.15) is 32.2 Å². The number of thiophene rings is 1. The van der Waals surface area contributed by atoms with Crippen molar-refractivity contribution in [2.24, 2.45) is 0 Å². The monoisotopic (exact) mass is 479 g/mol. The molecule has 1 atom stereocenters. The average molecular weight is 480 g/mol. The normalized spacial score (nSPS) is 15.9. The molecule has 5 rings (SSSR count). The molecular weight excluding hydrogens is 454 g/mol. The Morgan fingerprint density at radius 2 is 2.06 bits per heavy atom. The highest BCUT2D eigenvalue weighted by Gasteiger charge is 2.28. The Hall–Kier alpha value is -3.43. The van der Waals surface area contributed by atoms with Gasteiger partial charge in [-0.2, -0.15) is 0 Å². The minimum absolute atomic E-state index is 0.0148. The molecule has 176 valence electrons. The zero-order valence-corrected chi connectivity index (χ0v) is 20.3. The molecule has 0 bridgehead atoms. The van der Waals surface area contributed by atoms with Gasteiger partial charge >= 0.3 is 0 Å². The van der Waals surface area contributed by atoms with E-state index in [1.54, 1.807) is 46.5 Å². The molecule has 3 aromatic heterocycles. The second kappa shape index (κ2) is 8.73. The lowest BCUT2D eigenvalue weighted by molar-refractivity contribution is 0.0728. The van der Waals surface area contributed by atoms with Gasteiger partial charge in [0.2, 0.25) is 0 Å². The minimum atomic E-state index is -0.105. The Labute approximate surface area is 200 Å². The van der Waals surface area contributed by atoms with Crippen LogP contribution in [-0.4, -0.2) is 67.0 Å². The van der Waals surface area contributed by atoms with E-state index in [0.29, 0.717) is 51.9 Å². The van der Waals surface area contributed by atoms with Crippen LogP contribution in [0, 0.1) is 6.92 Å². The molecule has 0 aliphatic carbocycles. The number of carbonyl (C=O) groups is 2. The Balaban J connectivity index is 1.44. The van der Waals surface area contributed by atoms with Crippen molar-refractivity contribution in [3.63, 3.8) is 0 Å². The number of aryl methyl sites for hydroxylation is 1. The van der Waals surface area contributed by atoms with Crippen molar-refractivity contribution in [3.05, 3.63) is 52.7 Å². The van der Waals surface area contributed by atoms with Gasteiger partial charge in [0, 0.05) is 58.0 Å². The van der Waals surface area contributed by atoms with E-state index in [9.17, 15) is 9.59 Å². The summed E-state index contributed by atoms with van der Waals surface area (Å²) >= 11 is 1.37. The van der Waals surface area contributed by atoms with Gasteiger partial charge in [-0.25, -0.2) is 0 Å². The van der Waals surface area contributed by atoms with Crippen LogP contribution >= 0.6 is 11.3 Å².